The van der Waals surface area contributed by atoms with Gasteiger partial charge in [-0.05, 0) is 48.4 Å². The largest absolute Gasteiger partial charge is 0.419 e. The molecule has 3 aromatic heterocycles. The molecule has 1 fully saturated rings. The number of hydrogen-bond donors (Lipinski definition) is 1. The van der Waals surface area contributed by atoms with Crippen LogP contribution in [0.1, 0.15) is 37.5 Å². The van der Waals surface area contributed by atoms with E-state index in [0.717, 1.165) is 22.5 Å². The molecule has 1 aliphatic carbocycles. The number of ether oxygens (including phenoxy) is 1. The second-order valence-electron chi connectivity index (χ2n) is 11.5. The zero-order chi connectivity index (χ0) is 31.6. The van der Waals surface area contributed by atoms with E-state index in [2.05, 4.69) is 37.4 Å². The van der Waals surface area contributed by atoms with E-state index in [1.54, 1.807) is 20.2 Å². The summed E-state index contributed by atoms with van der Waals surface area (Å²) in [4.78, 5) is 8.09. The number of benzene rings is 1. The van der Waals surface area contributed by atoms with Gasteiger partial charge in [0, 0.05) is 20.2 Å². The lowest BCUT2D eigenvalue weighted by molar-refractivity contribution is 0.204. The molecule has 2 N–H and O–H groups in total. The van der Waals surface area contributed by atoms with E-state index in [1.165, 1.54) is 4.80 Å². The molecule has 3 heterocycles. The van der Waals surface area contributed by atoms with Crippen molar-refractivity contribution in [1.82, 2.24) is 35.4 Å². The maximum Gasteiger partial charge on any atom is 0.249 e. The van der Waals surface area contributed by atoms with Crippen LogP contribution in [0.4, 0.5) is 11.6 Å². The van der Waals surface area contributed by atoms with E-state index < -0.39 is 15.6 Å². The van der Waals surface area contributed by atoms with Gasteiger partial charge in [-0.25, -0.2) is 17.7 Å². The van der Waals surface area contributed by atoms with Gasteiger partial charge in [0.25, 0.3) is 0 Å². The minimum atomic E-state index is -3.92. The number of aromatic nitrogens is 7. The maximum absolute atomic E-state index is 13.2. The number of sulfonamides is 1. The lowest BCUT2D eigenvalue weighted by atomic mass is 9.94. The normalized spacial score (nSPS) is 17.8. The minimum absolute atomic E-state index is 0.00605. The summed E-state index contributed by atoms with van der Waals surface area (Å²) in [6.07, 6.45) is 2.61. The van der Waals surface area contributed by atoms with Crippen LogP contribution in [0.2, 0.25) is 5.02 Å². The van der Waals surface area contributed by atoms with Crippen LogP contribution in [-0.4, -0.2) is 76.9 Å². The molecule has 0 amide bonds. The van der Waals surface area contributed by atoms with Crippen molar-refractivity contribution < 1.29 is 17.6 Å². The minimum Gasteiger partial charge on any atom is -0.419 e. The second kappa shape index (κ2) is 12.8. The van der Waals surface area contributed by atoms with Gasteiger partial charge >= 0.3 is 0 Å². The van der Waals surface area contributed by atoms with Crippen molar-refractivity contribution in [3.8, 4) is 11.5 Å². The van der Waals surface area contributed by atoms with Crippen molar-refractivity contribution in [2.45, 2.75) is 38.8 Å². The fraction of sp³-hybridized carbons (Fsp3) is 0.500. The highest BCUT2D eigenvalue weighted by atomic mass is 35.5. The van der Waals surface area contributed by atoms with Crippen LogP contribution in [0.25, 0.3) is 11.5 Å². The SMILES string of the molecule is COCCN(CC1CC1C)c1cc(-c2nnc([C@](C)(N)Cc3ccccc3)o2)c(Cl)c(N(Cc2nnn(C)n2)S(C)(=O)=O)n1. The van der Waals surface area contributed by atoms with Gasteiger partial charge in [0.15, 0.2) is 11.6 Å². The maximum atomic E-state index is 13.2. The Bertz CT molecular complexity index is 1700. The van der Waals surface area contributed by atoms with E-state index in [4.69, 9.17) is 31.5 Å². The van der Waals surface area contributed by atoms with Gasteiger partial charge in [0.05, 0.1) is 42.6 Å². The molecule has 14 nitrogen and oxygen atoms in total. The second-order valence-corrected chi connectivity index (χ2v) is 13.8. The molecule has 5 rings (SSSR count). The molecule has 4 aromatic rings. The molecule has 236 valence electrons. The molecular formula is C28H37ClN10O4S. The van der Waals surface area contributed by atoms with Crippen LogP contribution >= 0.6 is 11.6 Å². The van der Waals surface area contributed by atoms with Gasteiger partial charge in [0.2, 0.25) is 21.8 Å². The number of aryl methyl sites for hydroxylation is 1. The average Bonchev–Trinajstić information content (AvgIpc) is 3.30. The highest BCUT2D eigenvalue weighted by Crippen LogP contribution is 2.42. The summed E-state index contributed by atoms with van der Waals surface area (Å²) in [6, 6.07) is 11.5. The first kappa shape index (κ1) is 31.8. The highest BCUT2D eigenvalue weighted by Gasteiger charge is 2.36. The summed E-state index contributed by atoms with van der Waals surface area (Å²) in [5, 5.41) is 20.5. The van der Waals surface area contributed by atoms with E-state index in [-0.39, 0.29) is 35.0 Å². The van der Waals surface area contributed by atoms with Crippen molar-refractivity contribution in [3.05, 3.63) is 58.7 Å². The molecule has 2 unspecified atom stereocenters. The van der Waals surface area contributed by atoms with E-state index in [1.807, 2.05) is 37.3 Å². The van der Waals surface area contributed by atoms with Crippen LogP contribution in [0, 0.1) is 11.8 Å². The number of methoxy groups -OCH3 is 1. The highest BCUT2D eigenvalue weighted by molar-refractivity contribution is 7.92. The van der Waals surface area contributed by atoms with Gasteiger partial charge in [-0.15, -0.1) is 20.4 Å². The van der Waals surface area contributed by atoms with Crippen molar-refractivity contribution in [2.75, 3.05) is 42.3 Å². The Morgan fingerprint density at radius 1 is 1.23 bits per heavy atom. The zero-order valence-corrected chi connectivity index (χ0v) is 27.0. The fourth-order valence-electron chi connectivity index (χ4n) is 4.95. The number of halogens is 1. The lowest BCUT2D eigenvalue weighted by Gasteiger charge is -2.27. The first-order chi connectivity index (χ1) is 20.9. The summed E-state index contributed by atoms with van der Waals surface area (Å²) in [5.41, 5.74) is 6.99. The predicted octanol–water partition coefficient (Wildman–Crippen LogP) is 2.80. The monoisotopic (exact) mass is 644 g/mol. The van der Waals surface area contributed by atoms with Crippen molar-refractivity contribution >= 4 is 33.3 Å². The topological polar surface area (TPSA) is 171 Å². The average molecular weight is 645 g/mol. The van der Waals surface area contributed by atoms with Gasteiger partial charge in [0.1, 0.15) is 5.82 Å². The molecular weight excluding hydrogens is 608 g/mol. The molecule has 0 bridgehead atoms. The van der Waals surface area contributed by atoms with E-state index in [9.17, 15) is 8.42 Å². The van der Waals surface area contributed by atoms with Crippen LogP contribution in [0.3, 0.4) is 0 Å². The molecule has 0 saturated heterocycles. The number of hydrogen-bond acceptors (Lipinski definition) is 12. The Labute approximate surface area is 261 Å². The molecule has 16 heteroatoms. The summed E-state index contributed by atoms with van der Waals surface area (Å²) in [6.45, 7) is 5.42. The summed E-state index contributed by atoms with van der Waals surface area (Å²) < 4.78 is 38.9. The van der Waals surface area contributed by atoms with Crippen LogP contribution in [0.15, 0.2) is 40.8 Å². The van der Waals surface area contributed by atoms with Crippen LogP contribution in [0.5, 0.6) is 0 Å². The van der Waals surface area contributed by atoms with Crippen molar-refractivity contribution in [2.24, 2.45) is 24.6 Å². The molecule has 44 heavy (non-hydrogen) atoms. The van der Waals surface area contributed by atoms with Gasteiger partial charge in [-0.3, -0.25) is 0 Å². The predicted molar refractivity (Wildman–Crippen MR) is 165 cm³/mol. The molecule has 0 aliphatic heterocycles. The van der Waals surface area contributed by atoms with Crippen LogP contribution < -0.4 is 14.9 Å². The Morgan fingerprint density at radius 3 is 2.57 bits per heavy atom. The third-order valence-corrected chi connectivity index (χ3v) is 9.05. The van der Waals surface area contributed by atoms with Crippen molar-refractivity contribution in [3.63, 3.8) is 0 Å². The lowest BCUT2D eigenvalue weighted by Crippen LogP contribution is -2.35. The molecule has 1 aliphatic rings. The molecule has 0 radical (unpaired) electrons. The van der Waals surface area contributed by atoms with Gasteiger partial charge in [-0.1, -0.05) is 48.9 Å². The first-order valence-corrected chi connectivity index (χ1v) is 16.4. The fourth-order valence-corrected chi connectivity index (χ4v) is 6.07. The third kappa shape index (κ3) is 7.34. The summed E-state index contributed by atoms with van der Waals surface area (Å²) >= 11 is 6.96. The number of anilines is 2. The molecule has 1 saturated carbocycles. The Morgan fingerprint density at radius 2 is 1.95 bits per heavy atom. The Hall–Kier alpha value is -3.66. The van der Waals surface area contributed by atoms with Gasteiger partial charge < -0.3 is 19.8 Å². The number of nitrogens with zero attached hydrogens (tertiary/aromatic N) is 9. The molecule has 1 aromatic carbocycles. The number of pyridine rings is 1. The van der Waals surface area contributed by atoms with Crippen LogP contribution in [-0.2, 0) is 40.3 Å². The third-order valence-electron chi connectivity index (χ3n) is 7.58. The Balaban J connectivity index is 1.60. The standard InChI is InChI=1S/C28H37ClN10O4S/c1-18-13-20(18)16-38(11-12-42-4)23-14-21(26-33-34-27(43-26)28(2,30)15-19-9-7-6-8-10-19)24(29)25(31-23)39(44(5,40)41)17-22-32-36-37(3)35-22/h6-10,14,18,20H,11-13,15-17,30H2,1-5H3/t18?,20?,28-/m1/s1. The van der Waals surface area contributed by atoms with Crippen molar-refractivity contribution in [1.29, 1.82) is 0 Å². The Kier molecular flexibility index (Phi) is 9.20. The number of nitrogens with two attached hydrogens (primary N) is 1. The summed E-state index contributed by atoms with van der Waals surface area (Å²) in [5.74, 6) is 1.96. The number of rotatable bonds is 14. The van der Waals surface area contributed by atoms with Gasteiger partial charge in [-0.2, -0.15) is 4.80 Å². The van der Waals surface area contributed by atoms with E-state index in [0.29, 0.717) is 49.3 Å². The first-order valence-electron chi connectivity index (χ1n) is 14.2. The quantitative estimate of drug-likeness (QED) is 0.213. The van der Waals surface area contributed by atoms with E-state index >= 15 is 0 Å². The number of tetrazole rings is 1. The molecule has 3 atom stereocenters. The summed E-state index contributed by atoms with van der Waals surface area (Å²) in [7, 11) is -0.702. The zero-order valence-electron chi connectivity index (χ0n) is 25.4. The smallest absolute Gasteiger partial charge is 0.249 e. The molecule has 0 spiro atoms.